The molecule has 8 heteroatoms. The summed E-state index contributed by atoms with van der Waals surface area (Å²) in [6.45, 7) is 2.24. The second-order valence-corrected chi connectivity index (χ2v) is 6.14. The van der Waals surface area contributed by atoms with Crippen molar-refractivity contribution in [3.8, 4) is 5.75 Å². The van der Waals surface area contributed by atoms with Crippen molar-refractivity contribution in [2.75, 3.05) is 18.2 Å². The van der Waals surface area contributed by atoms with E-state index in [0.29, 0.717) is 23.0 Å². The maximum Gasteiger partial charge on any atom is 0.280 e. The van der Waals surface area contributed by atoms with Gasteiger partial charge in [0.2, 0.25) is 0 Å². The summed E-state index contributed by atoms with van der Waals surface area (Å²) in [5.74, 6) is 0.247. The third kappa shape index (κ3) is 3.62. The van der Waals surface area contributed by atoms with E-state index in [9.17, 15) is 4.79 Å². The monoisotopic (exact) mass is 371 g/mol. The molecule has 1 aromatic heterocycles. The Bertz CT molecular complexity index is 955. The fraction of sp³-hybridized carbons (Fsp3) is 0.167. The molecule has 1 amide bonds. The number of ether oxygens (including phenoxy) is 1. The quantitative estimate of drug-likeness (QED) is 0.718. The molecule has 26 heavy (non-hydrogen) atoms. The molecule has 0 aliphatic carbocycles. The van der Waals surface area contributed by atoms with Gasteiger partial charge in [-0.3, -0.25) is 4.79 Å². The smallest absolute Gasteiger partial charge is 0.280 e. The van der Waals surface area contributed by atoms with Crippen LogP contribution in [0.2, 0.25) is 5.02 Å². The number of nitrogens with two attached hydrogens (primary N) is 1. The molecule has 0 spiro atoms. The third-order valence-electron chi connectivity index (χ3n) is 3.87. The molecule has 0 fully saturated rings. The Balaban J connectivity index is 1.82. The number of carbonyl (C=O) groups excluding carboxylic acids is 1. The highest BCUT2D eigenvalue weighted by Crippen LogP contribution is 2.26. The number of nitrogens with zero attached hydrogens (tertiary/aromatic N) is 3. The highest BCUT2D eigenvalue weighted by atomic mass is 35.5. The largest absolute Gasteiger partial charge is 0.495 e. The van der Waals surface area contributed by atoms with Gasteiger partial charge in [0.15, 0.2) is 11.5 Å². The zero-order valence-corrected chi connectivity index (χ0v) is 15.1. The van der Waals surface area contributed by atoms with Crippen LogP contribution in [0.1, 0.15) is 21.6 Å². The molecule has 3 rings (SSSR count). The Labute approximate surface area is 155 Å². The Kier molecular flexibility index (Phi) is 5.09. The van der Waals surface area contributed by atoms with E-state index in [-0.39, 0.29) is 11.5 Å². The van der Waals surface area contributed by atoms with Gasteiger partial charge in [0.25, 0.3) is 5.91 Å². The second kappa shape index (κ2) is 7.45. The number of amides is 1. The van der Waals surface area contributed by atoms with Crippen LogP contribution in [0.4, 0.5) is 11.5 Å². The molecule has 0 saturated heterocycles. The third-order valence-corrected chi connectivity index (χ3v) is 4.24. The van der Waals surface area contributed by atoms with E-state index in [4.69, 9.17) is 22.1 Å². The first kappa shape index (κ1) is 17.8. The number of benzene rings is 2. The van der Waals surface area contributed by atoms with E-state index >= 15 is 0 Å². The average molecular weight is 372 g/mol. The summed E-state index contributed by atoms with van der Waals surface area (Å²) < 4.78 is 6.70. The van der Waals surface area contributed by atoms with E-state index in [2.05, 4.69) is 15.6 Å². The molecule has 0 unspecified atom stereocenters. The molecule has 0 aliphatic rings. The van der Waals surface area contributed by atoms with E-state index in [0.717, 1.165) is 11.1 Å². The maximum atomic E-state index is 12.6. The molecule has 0 radical (unpaired) electrons. The van der Waals surface area contributed by atoms with Gasteiger partial charge in [0.05, 0.1) is 19.3 Å². The van der Waals surface area contributed by atoms with Crippen molar-refractivity contribution in [2.24, 2.45) is 0 Å². The highest BCUT2D eigenvalue weighted by Gasteiger charge is 2.19. The van der Waals surface area contributed by atoms with E-state index in [1.807, 2.05) is 31.2 Å². The lowest BCUT2D eigenvalue weighted by Gasteiger charge is -2.10. The van der Waals surface area contributed by atoms with Gasteiger partial charge in [-0.15, -0.1) is 5.10 Å². The predicted octanol–water partition coefficient (Wildman–Crippen LogP) is 3.13. The lowest BCUT2D eigenvalue weighted by atomic mass is 10.2. The van der Waals surface area contributed by atoms with Gasteiger partial charge in [-0.1, -0.05) is 41.1 Å². The standard InChI is InChI=1S/C18H18ClN5O2/c1-11-7-8-15(26-2)14(9-11)21-18(25)16-17(20)24(23-22-16)10-12-5-3-4-6-13(12)19/h3-9H,10,20H2,1-2H3,(H,21,25). The van der Waals surface area contributed by atoms with Gasteiger partial charge in [0, 0.05) is 5.02 Å². The number of nitrogen functional groups attached to an aromatic ring is 1. The zero-order valence-electron chi connectivity index (χ0n) is 14.4. The van der Waals surface area contributed by atoms with Crippen molar-refractivity contribution < 1.29 is 9.53 Å². The van der Waals surface area contributed by atoms with E-state index in [1.54, 1.807) is 18.2 Å². The minimum atomic E-state index is -0.461. The normalized spacial score (nSPS) is 10.6. The van der Waals surface area contributed by atoms with Crippen molar-refractivity contribution in [1.82, 2.24) is 15.0 Å². The summed E-state index contributed by atoms with van der Waals surface area (Å²) in [6.07, 6.45) is 0. The Morgan fingerprint density at radius 1 is 1.31 bits per heavy atom. The number of hydrogen-bond donors (Lipinski definition) is 2. The first-order valence-electron chi connectivity index (χ1n) is 7.88. The topological polar surface area (TPSA) is 95.1 Å². The number of aryl methyl sites for hydroxylation is 1. The van der Waals surface area contributed by atoms with Crippen LogP contribution in [-0.4, -0.2) is 28.0 Å². The van der Waals surface area contributed by atoms with Gasteiger partial charge in [-0.25, -0.2) is 4.68 Å². The van der Waals surface area contributed by atoms with Crippen molar-refractivity contribution in [3.63, 3.8) is 0 Å². The average Bonchev–Trinajstić information content (AvgIpc) is 2.98. The molecule has 3 aromatic rings. The molecule has 0 saturated carbocycles. The summed E-state index contributed by atoms with van der Waals surface area (Å²) in [6, 6.07) is 12.8. The first-order valence-corrected chi connectivity index (χ1v) is 8.25. The summed E-state index contributed by atoms with van der Waals surface area (Å²) >= 11 is 6.16. The molecule has 0 bridgehead atoms. The fourth-order valence-corrected chi connectivity index (χ4v) is 2.68. The number of carbonyl (C=O) groups is 1. The molecule has 7 nitrogen and oxygen atoms in total. The lowest BCUT2D eigenvalue weighted by Crippen LogP contribution is -2.16. The van der Waals surface area contributed by atoms with Gasteiger partial charge in [-0.05, 0) is 36.2 Å². The Hall–Kier alpha value is -3.06. The highest BCUT2D eigenvalue weighted by molar-refractivity contribution is 6.31. The summed E-state index contributed by atoms with van der Waals surface area (Å²) in [4.78, 5) is 12.6. The SMILES string of the molecule is COc1ccc(C)cc1NC(=O)c1nnn(Cc2ccccc2Cl)c1N. The first-order chi connectivity index (χ1) is 12.5. The second-order valence-electron chi connectivity index (χ2n) is 5.73. The summed E-state index contributed by atoms with van der Waals surface area (Å²) in [5, 5.41) is 11.2. The van der Waals surface area contributed by atoms with Crippen molar-refractivity contribution >= 4 is 29.0 Å². The van der Waals surface area contributed by atoms with Crippen LogP contribution in [-0.2, 0) is 6.54 Å². The van der Waals surface area contributed by atoms with Crippen LogP contribution in [0.5, 0.6) is 5.75 Å². The van der Waals surface area contributed by atoms with Gasteiger partial charge >= 0.3 is 0 Å². The predicted molar refractivity (Wildman–Crippen MR) is 101 cm³/mol. The van der Waals surface area contributed by atoms with Gasteiger partial charge < -0.3 is 15.8 Å². The van der Waals surface area contributed by atoms with Crippen LogP contribution in [0.15, 0.2) is 42.5 Å². The molecule has 3 N–H and O–H groups in total. The lowest BCUT2D eigenvalue weighted by molar-refractivity contribution is 0.102. The number of hydrogen-bond acceptors (Lipinski definition) is 5. The maximum absolute atomic E-state index is 12.6. The van der Waals surface area contributed by atoms with Crippen molar-refractivity contribution in [2.45, 2.75) is 13.5 Å². The fourth-order valence-electron chi connectivity index (χ4n) is 2.49. The molecule has 1 heterocycles. The van der Waals surface area contributed by atoms with Crippen LogP contribution in [0.3, 0.4) is 0 Å². The molecule has 0 atom stereocenters. The number of rotatable bonds is 5. The minimum Gasteiger partial charge on any atom is -0.495 e. The van der Waals surface area contributed by atoms with E-state index < -0.39 is 5.91 Å². The van der Waals surface area contributed by atoms with Gasteiger partial charge in [0.1, 0.15) is 5.75 Å². The molecule has 134 valence electrons. The number of methoxy groups -OCH3 is 1. The van der Waals surface area contributed by atoms with Crippen molar-refractivity contribution in [3.05, 3.63) is 64.3 Å². The number of nitrogens with one attached hydrogen (secondary N) is 1. The number of anilines is 2. The van der Waals surface area contributed by atoms with Crippen LogP contribution >= 0.6 is 11.6 Å². The number of halogens is 1. The number of aromatic nitrogens is 3. The molecular formula is C18H18ClN5O2. The molecule has 0 aliphatic heterocycles. The Morgan fingerprint density at radius 2 is 2.08 bits per heavy atom. The van der Waals surface area contributed by atoms with Crippen LogP contribution in [0, 0.1) is 6.92 Å². The Morgan fingerprint density at radius 3 is 2.81 bits per heavy atom. The van der Waals surface area contributed by atoms with Crippen LogP contribution < -0.4 is 15.8 Å². The minimum absolute atomic E-state index is 0.0422. The van der Waals surface area contributed by atoms with Crippen molar-refractivity contribution in [1.29, 1.82) is 0 Å². The van der Waals surface area contributed by atoms with Gasteiger partial charge in [-0.2, -0.15) is 0 Å². The zero-order chi connectivity index (χ0) is 18.7. The summed E-state index contributed by atoms with van der Waals surface area (Å²) in [5.41, 5.74) is 8.46. The summed E-state index contributed by atoms with van der Waals surface area (Å²) in [7, 11) is 1.54. The van der Waals surface area contributed by atoms with Crippen LogP contribution in [0.25, 0.3) is 0 Å². The molecular weight excluding hydrogens is 354 g/mol. The van der Waals surface area contributed by atoms with E-state index in [1.165, 1.54) is 11.8 Å². The molecule has 2 aromatic carbocycles.